The Bertz CT molecular complexity index is 480. The van der Waals surface area contributed by atoms with E-state index in [4.69, 9.17) is 21.1 Å². The molecule has 0 aliphatic heterocycles. The van der Waals surface area contributed by atoms with Crippen molar-refractivity contribution in [2.24, 2.45) is 0 Å². The number of nitro benzene ring substituents is 1. The molecule has 1 aliphatic rings. The van der Waals surface area contributed by atoms with Gasteiger partial charge in [-0.25, -0.2) is 0 Å². The first-order chi connectivity index (χ1) is 9.04. The van der Waals surface area contributed by atoms with Gasteiger partial charge >= 0.3 is 5.69 Å². The minimum absolute atomic E-state index is 0.0201. The molecule has 0 heterocycles. The van der Waals surface area contributed by atoms with Crippen molar-refractivity contribution >= 4 is 17.3 Å². The van der Waals surface area contributed by atoms with Crippen molar-refractivity contribution in [1.82, 2.24) is 0 Å². The average molecular weight is 286 g/mol. The molecule has 1 aromatic carbocycles. The Morgan fingerprint density at radius 3 is 2.84 bits per heavy atom. The maximum atomic E-state index is 11.0. The average Bonchev–Trinajstić information content (AvgIpc) is 2.37. The highest BCUT2D eigenvalue weighted by Gasteiger charge is 2.43. The third kappa shape index (κ3) is 2.82. The highest BCUT2D eigenvalue weighted by atomic mass is 35.5. The SMILES string of the molecule is CCOC1C(Cl)CC1Oc1c(C)cccc1[N+](=O)[O-]. The monoisotopic (exact) mass is 285 g/mol. The molecule has 3 unspecified atom stereocenters. The standard InChI is InChI=1S/C13H16ClNO4/c1-3-18-13-9(14)7-11(13)19-12-8(2)5-4-6-10(12)15(16)17/h4-6,9,11,13H,3,7H2,1-2H3. The van der Waals surface area contributed by atoms with Crippen LogP contribution in [-0.2, 0) is 4.74 Å². The van der Waals surface area contributed by atoms with Crippen molar-refractivity contribution < 1.29 is 14.4 Å². The Kier molecular flexibility index (Phi) is 4.27. The minimum atomic E-state index is -0.436. The summed E-state index contributed by atoms with van der Waals surface area (Å²) < 4.78 is 11.2. The van der Waals surface area contributed by atoms with Gasteiger partial charge in [-0.15, -0.1) is 11.6 Å². The Hall–Kier alpha value is -1.33. The lowest BCUT2D eigenvalue weighted by Gasteiger charge is -2.40. The lowest BCUT2D eigenvalue weighted by atomic mass is 9.90. The summed E-state index contributed by atoms with van der Waals surface area (Å²) in [6.45, 7) is 4.22. The molecule has 0 spiro atoms. The van der Waals surface area contributed by atoms with Gasteiger partial charge in [0.1, 0.15) is 12.2 Å². The molecule has 0 aromatic heterocycles. The quantitative estimate of drug-likeness (QED) is 0.474. The molecule has 3 atom stereocenters. The predicted molar refractivity (Wildman–Crippen MR) is 71.9 cm³/mol. The van der Waals surface area contributed by atoms with Crippen LogP contribution in [0, 0.1) is 17.0 Å². The zero-order valence-electron chi connectivity index (χ0n) is 10.8. The van der Waals surface area contributed by atoms with E-state index in [9.17, 15) is 10.1 Å². The Balaban J connectivity index is 2.17. The minimum Gasteiger partial charge on any atom is -0.480 e. The number of hydrogen-bond donors (Lipinski definition) is 0. The van der Waals surface area contributed by atoms with Gasteiger partial charge in [0.2, 0.25) is 0 Å². The fourth-order valence-corrected chi connectivity index (χ4v) is 2.54. The highest BCUT2D eigenvalue weighted by molar-refractivity contribution is 6.21. The number of alkyl halides is 1. The van der Waals surface area contributed by atoms with Crippen LogP contribution in [-0.4, -0.2) is 29.1 Å². The molecule has 0 N–H and O–H groups in total. The van der Waals surface area contributed by atoms with E-state index < -0.39 is 4.92 Å². The third-order valence-electron chi connectivity index (χ3n) is 3.20. The Morgan fingerprint density at radius 2 is 2.26 bits per heavy atom. The molecule has 0 saturated heterocycles. The summed E-state index contributed by atoms with van der Waals surface area (Å²) >= 11 is 6.06. The van der Waals surface area contributed by atoms with Gasteiger partial charge in [0.25, 0.3) is 0 Å². The van der Waals surface area contributed by atoms with Gasteiger partial charge in [0.15, 0.2) is 5.75 Å². The Labute approximate surface area is 116 Å². The maximum absolute atomic E-state index is 11.0. The van der Waals surface area contributed by atoms with Crippen molar-refractivity contribution in [2.45, 2.75) is 37.9 Å². The van der Waals surface area contributed by atoms with Crippen LogP contribution in [0.15, 0.2) is 18.2 Å². The van der Waals surface area contributed by atoms with Crippen molar-refractivity contribution in [2.75, 3.05) is 6.61 Å². The van der Waals surface area contributed by atoms with Crippen molar-refractivity contribution in [3.63, 3.8) is 0 Å². The molecule has 104 valence electrons. The number of para-hydroxylation sites is 1. The molecule has 5 nitrogen and oxygen atoms in total. The predicted octanol–water partition coefficient (Wildman–Crippen LogP) is 3.07. The molecule has 1 aromatic rings. The molecular weight excluding hydrogens is 270 g/mol. The van der Waals surface area contributed by atoms with Crippen LogP contribution in [0.5, 0.6) is 5.75 Å². The van der Waals surface area contributed by atoms with E-state index in [1.807, 2.05) is 6.92 Å². The van der Waals surface area contributed by atoms with E-state index in [2.05, 4.69) is 0 Å². The Morgan fingerprint density at radius 1 is 1.53 bits per heavy atom. The van der Waals surface area contributed by atoms with Gasteiger partial charge in [-0.05, 0) is 19.4 Å². The van der Waals surface area contributed by atoms with Gasteiger partial charge in [0.05, 0.1) is 10.3 Å². The fourth-order valence-electron chi connectivity index (χ4n) is 2.13. The van der Waals surface area contributed by atoms with E-state index in [1.54, 1.807) is 19.1 Å². The van der Waals surface area contributed by atoms with E-state index in [1.165, 1.54) is 6.07 Å². The van der Waals surface area contributed by atoms with Gasteiger partial charge in [-0.3, -0.25) is 10.1 Å². The number of rotatable bonds is 5. The van der Waals surface area contributed by atoms with E-state index in [0.29, 0.717) is 18.8 Å². The van der Waals surface area contributed by atoms with E-state index in [0.717, 1.165) is 5.56 Å². The molecule has 1 aliphatic carbocycles. The molecule has 0 amide bonds. The summed E-state index contributed by atoms with van der Waals surface area (Å²) in [6, 6.07) is 4.87. The van der Waals surface area contributed by atoms with Gasteiger partial charge in [-0.2, -0.15) is 0 Å². The molecule has 1 saturated carbocycles. The van der Waals surface area contributed by atoms with Gasteiger partial charge in [0, 0.05) is 19.1 Å². The summed E-state index contributed by atoms with van der Waals surface area (Å²) in [5.41, 5.74) is 0.718. The van der Waals surface area contributed by atoms with Crippen molar-refractivity contribution in [3.8, 4) is 5.75 Å². The first-order valence-electron chi connectivity index (χ1n) is 6.21. The van der Waals surface area contributed by atoms with Gasteiger partial charge in [-0.1, -0.05) is 12.1 Å². The second-order valence-electron chi connectivity index (χ2n) is 4.51. The molecular formula is C13H16ClNO4. The molecule has 6 heteroatoms. The third-order valence-corrected chi connectivity index (χ3v) is 3.62. The fraction of sp³-hybridized carbons (Fsp3) is 0.538. The van der Waals surface area contributed by atoms with Crippen LogP contribution in [0.2, 0.25) is 0 Å². The largest absolute Gasteiger partial charge is 0.480 e. The topological polar surface area (TPSA) is 61.6 Å². The number of aryl methyl sites for hydroxylation is 1. The molecule has 0 bridgehead atoms. The molecule has 0 radical (unpaired) electrons. The highest BCUT2D eigenvalue weighted by Crippen LogP contribution is 2.37. The van der Waals surface area contributed by atoms with Crippen molar-refractivity contribution in [3.05, 3.63) is 33.9 Å². The zero-order valence-corrected chi connectivity index (χ0v) is 11.6. The summed E-state index contributed by atoms with van der Waals surface area (Å²) in [5, 5.41) is 10.9. The lowest BCUT2D eigenvalue weighted by Crippen LogP contribution is -2.52. The molecule has 1 fully saturated rings. The van der Waals surface area contributed by atoms with Crippen LogP contribution in [0.4, 0.5) is 5.69 Å². The number of ether oxygens (including phenoxy) is 2. The van der Waals surface area contributed by atoms with Crippen molar-refractivity contribution in [1.29, 1.82) is 0 Å². The van der Waals surface area contributed by atoms with Crippen LogP contribution < -0.4 is 4.74 Å². The van der Waals surface area contributed by atoms with Gasteiger partial charge < -0.3 is 9.47 Å². The summed E-state index contributed by atoms with van der Waals surface area (Å²) in [6.07, 6.45) is 0.214. The summed E-state index contributed by atoms with van der Waals surface area (Å²) in [7, 11) is 0. The smallest absolute Gasteiger partial charge is 0.311 e. The first-order valence-corrected chi connectivity index (χ1v) is 6.64. The van der Waals surface area contributed by atoms with E-state index >= 15 is 0 Å². The van der Waals surface area contributed by atoms with Crippen LogP contribution >= 0.6 is 11.6 Å². The number of hydrogen-bond acceptors (Lipinski definition) is 4. The number of halogens is 1. The van der Waals surface area contributed by atoms with Crippen LogP contribution in [0.3, 0.4) is 0 Å². The normalized spacial score (nSPS) is 25.7. The molecule has 2 rings (SSSR count). The summed E-state index contributed by atoms with van der Waals surface area (Å²) in [4.78, 5) is 10.6. The number of nitro groups is 1. The number of benzene rings is 1. The van der Waals surface area contributed by atoms with E-state index in [-0.39, 0.29) is 23.3 Å². The maximum Gasteiger partial charge on any atom is 0.311 e. The second kappa shape index (κ2) is 5.75. The molecule has 19 heavy (non-hydrogen) atoms. The second-order valence-corrected chi connectivity index (χ2v) is 5.07. The van der Waals surface area contributed by atoms with Crippen LogP contribution in [0.1, 0.15) is 18.9 Å². The zero-order chi connectivity index (χ0) is 14.0. The first kappa shape index (κ1) is 14.1. The summed E-state index contributed by atoms with van der Waals surface area (Å²) in [5.74, 6) is 0.311. The van der Waals surface area contributed by atoms with Crippen LogP contribution in [0.25, 0.3) is 0 Å². The lowest BCUT2D eigenvalue weighted by molar-refractivity contribution is -0.386. The number of nitrogens with zero attached hydrogens (tertiary/aromatic N) is 1.